The summed E-state index contributed by atoms with van der Waals surface area (Å²) in [5.41, 5.74) is 1.67. The van der Waals surface area contributed by atoms with Crippen molar-refractivity contribution >= 4 is 16.7 Å². The van der Waals surface area contributed by atoms with E-state index in [1.54, 1.807) is 18.6 Å². The molecule has 0 radical (unpaired) electrons. The molecule has 3 heterocycles. The van der Waals surface area contributed by atoms with Crippen LogP contribution in [0.4, 0.5) is 0 Å². The molecule has 1 amide bonds. The number of amides is 1. The van der Waals surface area contributed by atoms with Crippen molar-refractivity contribution in [3.05, 3.63) is 72.5 Å². The topological polar surface area (TPSA) is 85.0 Å². The fourth-order valence-corrected chi connectivity index (χ4v) is 4.28. The van der Waals surface area contributed by atoms with E-state index in [4.69, 9.17) is 4.52 Å². The quantitative estimate of drug-likeness (QED) is 0.496. The fourth-order valence-electron chi connectivity index (χ4n) is 4.28. The van der Waals surface area contributed by atoms with E-state index >= 15 is 0 Å². The van der Waals surface area contributed by atoms with Gasteiger partial charge in [-0.15, -0.1) is 0 Å². The predicted octanol–water partition coefficient (Wildman–Crippen LogP) is 3.70. The second kappa shape index (κ2) is 8.63. The number of carbonyl (C=O) groups excluding carboxylic acids is 1. The molecule has 7 heteroatoms. The van der Waals surface area contributed by atoms with Crippen molar-refractivity contribution in [3.8, 4) is 11.5 Å². The number of aromatic nitrogens is 4. The van der Waals surface area contributed by atoms with Crippen LogP contribution in [0.1, 0.15) is 24.3 Å². The highest BCUT2D eigenvalue weighted by atomic mass is 16.5. The van der Waals surface area contributed by atoms with Gasteiger partial charge in [-0.3, -0.25) is 9.78 Å². The van der Waals surface area contributed by atoms with Gasteiger partial charge in [-0.05, 0) is 35.1 Å². The first-order chi connectivity index (χ1) is 15.3. The minimum Gasteiger partial charge on any atom is -0.342 e. The first kappa shape index (κ1) is 19.4. The number of nitrogens with zero attached hydrogens (tertiary/aromatic N) is 5. The lowest BCUT2D eigenvalue weighted by Gasteiger charge is -2.32. The van der Waals surface area contributed by atoms with E-state index in [9.17, 15) is 4.79 Å². The van der Waals surface area contributed by atoms with E-state index in [1.165, 1.54) is 5.39 Å². The van der Waals surface area contributed by atoms with Crippen LogP contribution in [0.3, 0.4) is 0 Å². The molecule has 1 aliphatic heterocycles. The molecule has 0 bridgehead atoms. The minimum atomic E-state index is 0.173. The third-order valence-corrected chi connectivity index (χ3v) is 5.82. The third kappa shape index (κ3) is 4.30. The summed E-state index contributed by atoms with van der Waals surface area (Å²) in [7, 11) is 0. The van der Waals surface area contributed by atoms with Gasteiger partial charge in [0, 0.05) is 31.9 Å². The zero-order valence-corrected chi connectivity index (χ0v) is 17.1. The highest BCUT2D eigenvalue weighted by Gasteiger charge is 2.26. The lowest BCUT2D eigenvalue weighted by molar-refractivity contribution is -0.132. The Morgan fingerprint density at radius 2 is 2.03 bits per heavy atom. The van der Waals surface area contributed by atoms with Crippen LogP contribution >= 0.6 is 0 Å². The normalized spacial score (nSPS) is 16.5. The first-order valence-corrected chi connectivity index (χ1v) is 10.6. The number of benzene rings is 2. The molecule has 2 aromatic heterocycles. The minimum absolute atomic E-state index is 0.173. The molecule has 1 aliphatic rings. The summed E-state index contributed by atoms with van der Waals surface area (Å²) in [6.07, 6.45) is 7.93. The van der Waals surface area contributed by atoms with E-state index in [-0.39, 0.29) is 5.91 Å². The number of rotatable bonds is 5. The second-order valence-corrected chi connectivity index (χ2v) is 7.97. The Morgan fingerprint density at radius 1 is 1.13 bits per heavy atom. The summed E-state index contributed by atoms with van der Waals surface area (Å²) in [5, 5.41) is 6.34. The summed E-state index contributed by atoms with van der Waals surface area (Å²) in [4.78, 5) is 27.7. The Balaban J connectivity index is 1.24. The maximum absolute atomic E-state index is 13.1. The molecule has 4 aromatic rings. The highest BCUT2D eigenvalue weighted by Crippen LogP contribution is 2.24. The Morgan fingerprint density at radius 3 is 2.94 bits per heavy atom. The van der Waals surface area contributed by atoms with Gasteiger partial charge >= 0.3 is 0 Å². The molecule has 0 aliphatic carbocycles. The molecule has 1 unspecified atom stereocenters. The predicted molar refractivity (Wildman–Crippen MR) is 116 cm³/mol. The summed E-state index contributed by atoms with van der Waals surface area (Å²) < 4.78 is 5.43. The molecule has 0 spiro atoms. The van der Waals surface area contributed by atoms with E-state index in [0.29, 0.717) is 42.7 Å². The van der Waals surface area contributed by atoms with Crippen LogP contribution in [-0.2, 0) is 17.6 Å². The number of likely N-dealkylation sites (tertiary alicyclic amines) is 1. The Kier molecular flexibility index (Phi) is 5.39. The van der Waals surface area contributed by atoms with Crippen LogP contribution in [0.15, 0.2) is 65.6 Å². The van der Waals surface area contributed by atoms with Crippen LogP contribution in [0.2, 0.25) is 0 Å². The average Bonchev–Trinajstić information content (AvgIpc) is 3.28. The van der Waals surface area contributed by atoms with Gasteiger partial charge in [0.15, 0.2) is 0 Å². The maximum atomic E-state index is 13.1. The Bertz CT molecular complexity index is 1190. The van der Waals surface area contributed by atoms with Gasteiger partial charge in [-0.2, -0.15) is 4.98 Å². The molecule has 31 heavy (non-hydrogen) atoms. The molecule has 1 saturated heterocycles. The summed E-state index contributed by atoms with van der Waals surface area (Å²) in [6, 6.07) is 14.4. The molecule has 7 nitrogen and oxygen atoms in total. The SMILES string of the molecule is O=C(Cc1cccc2ccccc12)N1CCCC(Cc2nc(-c3cnccn3)no2)C1. The summed E-state index contributed by atoms with van der Waals surface area (Å²) >= 11 is 0. The lowest BCUT2D eigenvalue weighted by Crippen LogP contribution is -2.41. The molecule has 0 N–H and O–H groups in total. The number of hydrogen-bond acceptors (Lipinski definition) is 6. The first-order valence-electron chi connectivity index (χ1n) is 10.6. The molecular weight excluding hydrogens is 390 g/mol. The largest absolute Gasteiger partial charge is 0.342 e. The van der Waals surface area contributed by atoms with Crippen LogP contribution in [0, 0.1) is 5.92 Å². The van der Waals surface area contributed by atoms with Crippen LogP contribution in [-0.4, -0.2) is 44.0 Å². The van der Waals surface area contributed by atoms with Gasteiger partial charge in [-0.25, -0.2) is 4.98 Å². The van der Waals surface area contributed by atoms with Crippen LogP contribution in [0.5, 0.6) is 0 Å². The van der Waals surface area contributed by atoms with Crippen molar-refractivity contribution in [2.24, 2.45) is 5.92 Å². The Hall–Kier alpha value is -3.61. The van der Waals surface area contributed by atoms with Crippen molar-refractivity contribution in [1.29, 1.82) is 0 Å². The number of hydrogen-bond donors (Lipinski definition) is 0. The van der Waals surface area contributed by atoms with E-state index in [2.05, 4.69) is 38.3 Å². The molecule has 1 fully saturated rings. The zero-order chi connectivity index (χ0) is 21.0. The molecule has 2 aromatic carbocycles. The fraction of sp³-hybridized carbons (Fsp3) is 0.292. The van der Waals surface area contributed by atoms with E-state index < -0.39 is 0 Å². The zero-order valence-electron chi connectivity index (χ0n) is 17.1. The van der Waals surface area contributed by atoms with E-state index in [0.717, 1.165) is 30.3 Å². The van der Waals surface area contributed by atoms with Crippen molar-refractivity contribution in [2.45, 2.75) is 25.7 Å². The molecule has 0 saturated carbocycles. The molecule has 156 valence electrons. The number of carbonyl (C=O) groups is 1. The highest BCUT2D eigenvalue weighted by molar-refractivity contribution is 5.90. The van der Waals surface area contributed by atoms with Crippen LogP contribution in [0.25, 0.3) is 22.3 Å². The molecule has 1 atom stereocenters. The van der Waals surface area contributed by atoms with Crippen molar-refractivity contribution in [1.82, 2.24) is 25.0 Å². The van der Waals surface area contributed by atoms with Gasteiger partial charge in [0.05, 0.1) is 12.6 Å². The smallest absolute Gasteiger partial charge is 0.227 e. The summed E-state index contributed by atoms with van der Waals surface area (Å²) in [6.45, 7) is 1.52. The van der Waals surface area contributed by atoms with Gasteiger partial charge in [0.1, 0.15) is 5.69 Å². The number of fused-ring (bicyclic) bond motifs is 1. The van der Waals surface area contributed by atoms with Gasteiger partial charge in [-0.1, -0.05) is 47.6 Å². The monoisotopic (exact) mass is 413 g/mol. The second-order valence-electron chi connectivity index (χ2n) is 7.97. The third-order valence-electron chi connectivity index (χ3n) is 5.82. The standard InChI is InChI=1S/C24H23N5O2/c30-23(14-19-8-3-7-18-6-1-2-9-20(18)19)29-12-4-5-17(16-29)13-22-27-24(28-31-22)21-15-25-10-11-26-21/h1-3,6-11,15,17H,4-5,12-14,16H2. The van der Waals surface area contributed by atoms with Gasteiger partial charge in [0.2, 0.25) is 17.6 Å². The van der Waals surface area contributed by atoms with Gasteiger partial charge in [0.25, 0.3) is 0 Å². The lowest BCUT2D eigenvalue weighted by atomic mass is 9.94. The molecule has 5 rings (SSSR count). The van der Waals surface area contributed by atoms with Crippen molar-refractivity contribution < 1.29 is 9.32 Å². The average molecular weight is 413 g/mol. The number of piperidine rings is 1. The van der Waals surface area contributed by atoms with Crippen LogP contribution < -0.4 is 0 Å². The maximum Gasteiger partial charge on any atom is 0.227 e. The summed E-state index contributed by atoms with van der Waals surface area (Å²) in [5.74, 6) is 1.50. The Labute approximate surface area is 180 Å². The van der Waals surface area contributed by atoms with E-state index in [1.807, 2.05) is 29.2 Å². The van der Waals surface area contributed by atoms with Gasteiger partial charge < -0.3 is 9.42 Å². The van der Waals surface area contributed by atoms with Crippen molar-refractivity contribution in [2.75, 3.05) is 13.1 Å². The molecular formula is C24H23N5O2. The van der Waals surface area contributed by atoms with Crippen molar-refractivity contribution in [3.63, 3.8) is 0 Å².